The number of methoxy groups -OCH3 is 1. The van der Waals surface area contributed by atoms with Crippen LogP contribution in [0, 0.1) is 0 Å². The second-order valence-corrected chi connectivity index (χ2v) is 5.52. The molecule has 0 bridgehead atoms. The first-order chi connectivity index (χ1) is 12.1. The van der Waals surface area contributed by atoms with Gasteiger partial charge in [-0.2, -0.15) is 0 Å². The van der Waals surface area contributed by atoms with Crippen molar-refractivity contribution in [3.8, 4) is 0 Å². The zero-order valence-corrected chi connectivity index (χ0v) is 16.8. The normalized spacial score (nSPS) is 9.88. The van der Waals surface area contributed by atoms with Crippen LogP contribution >= 0.6 is 0 Å². The number of unbranched alkanes of at least 4 members (excludes halogenated alkanes) is 2. The zero-order valence-electron chi connectivity index (χ0n) is 16.8. The molecule has 0 aromatic heterocycles. The standard InChI is InChI=1S/C11H20O2.C5H8O2.C4H6O2/c1-4-7-8-9-10(5-2)13-11(12)6-3;1-4(2)5(6)7-3;1-3(2)4(5)6/h6,10H,3-5,7-9H2,1-2H3;1H2,2-3H3;1H2,2H3,(H,5,6). The molecular weight excluding hydrogens is 336 g/mol. The highest BCUT2D eigenvalue weighted by molar-refractivity contribution is 5.86. The van der Waals surface area contributed by atoms with Crippen molar-refractivity contribution in [1.82, 2.24) is 0 Å². The van der Waals surface area contributed by atoms with E-state index in [1.165, 1.54) is 33.0 Å². The molecule has 0 spiro atoms. The SMILES string of the molecule is C=C(C)C(=O)O.C=C(C)C(=O)OC.C=CC(=O)OC(CC)CCCCC. The van der Waals surface area contributed by atoms with Crippen LogP contribution in [0.1, 0.15) is 59.8 Å². The summed E-state index contributed by atoms with van der Waals surface area (Å²) in [5.74, 6) is -1.58. The molecule has 0 fully saturated rings. The van der Waals surface area contributed by atoms with Crippen molar-refractivity contribution in [3.63, 3.8) is 0 Å². The van der Waals surface area contributed by atoms with Crippen molar-refractivity contribution >= 4 is 17.9 Å². The van der Waals surface area contributed by atoms with Crippen LogP contribution in [0.15, 0.2) is 37.0 Å². The van der Waals surface area contributed by atoms with Crippen LogP contribution in [0.25, 0.3) is 0 Å². The zero-order chi connectivity index (χ0) is 21.1. The van der Waals surface area contributed by atoms with E-state index in [1.807, 2.05) is 6.92 Å². The highest BCUT2D eigenvalue weighted by atomic mass is 16.5. The summed E-state index contributed by atoms with van der Waals surface area (Å²) in [5, 5.41) is 7.89. The first kappa shape index (κ1) is 28.4. The van der Waals surface area contributed by atoms with Crippen LogP contribution in [0.3, 0.4) is 0 Å². The lowest BCUT2D eigenvalue weighted by Crippen LogP contribution is -2.15. The molecule has 0 aliphatic heterocycles. The van der Waals surface area contributed by atoms with Crippen molar-refractivity contribution in [2.45, 2.75) is 65.9 Å². The van der Waals surface area contributed by atoms with Gasteiger partial charge in [0, 0.05) is 17.2 Å². The lowest BCUT2D eigenvalue weighted by Gasteiger charge is -2.14. The maximum atomic E-state index is 10.9. The quantitative estimate of drug-likeness (QED) is 0.366. The maximum Gasteiger partial charge on any atom is 0.332 e. The van der Waals surface area contributed by atoms with Gasteiger partial charge in [-0.1, -0.05) is 46.4 Å². The molecule has 1 N–H and O–H groups in total. The first-order valence-corrected chi connectivity index (χ1v) is 8.52. The molecule has 0 saturated carbocycles. The Hall–Kier alpha value is -2.37. The predicted molar refractivity (Wildman–Crippen MR) is 104 cm³/mol. The summed E-state index contributed by atoms with van der Waals surface area (Å²) in [6, 6.07) is 0. The van der Waals surface area contributed by atoms with Gasteiger partial charge in [-0.15, -0.1) is 0 Å². The summed E-state index contributed by atoms with van der Waals surface area (Å²) in [6.07, 6.45) is 6.72. The molecule has 0 radical (unpaired) electrons. The molecule has 0 saturated heterocycles. The van der Waals surface area contributed by atoms with Crippen LogP contribution < -0.4 is 0 Å². The Morgan fingerprint density at radius 3 is 1.81 bits per heavy atom. The monoisotopic (exact) mass is 370 g/mol. The van der Waals surface area contributed by atoms with E-state index in [4.69, 9.17) is 9.84 Å². The Morgan fingerprint density at radius 2 is 1.58 bits per heavy atom. The number of carboxylic acids is 1. The minimum atomic E-state index is -0.935. The highest BCUT2D eigenvalue weighted by Crippen LogP contribution is 2.10. The van der Waals surface area contributed by atoms with Gasteiger partial charge in [0.05, 0.1) is 7.11 Å². The van der Waals surface area contributed by atoms with Gasteiger partial charge in [0.15, 0.2) is 0 Å². The summed E-state index contributed by atoms with van der Waals surface area (Å²) >= 11 is 0. The lowest BCUT2D eigenvalue weighted by molar-refractivity contribution is -0.143. The largest absolute Gasteiger partial charge is 0.478 e. The molecule has 0 heterocycles. The Morgan fingerprint density at radius 1 is 1.08 bits per heavy atom. The molecule has 1 unspecified atom stereocenters. The van der Waals surface area contributed by atoms with Gasteiger partial charge in [0.1, 0.15) is 6.10 Å². The number of carboxylic acid groups (broad SMARTS) is 1. The second-order valence-electron chi connectivity index (χ2n) is 5.52. The number of esters is 2. The van der Waals surface area contributed by atoms with Gasteiger partial charge in [-0.25, -0.2) is 14.4 Å². The van der Waals surface area contributed by atoms with Gasteiger partial charge in [0.2, 0.25) is 0 Å². The lowest BCUT2D eigenvalue weighted by atomic mass is 10.1. The van der Waals surface area contributed by atoms with E-state index in [0.717, 1.165) is 19.3 Å². The summed E-state index contributed by atoms with van der Waals surface area (Å²) in [7, 11) is 1.33. The number of carbonyl (C=O) groups is 3. The van der Waals surface area contributed by atoms with Gasteiger partial charge in [-0.05, 0) is 33.1 Å². The Labute approximate surface area is 157 Å². The second kappa shape index (κ2) is 19.0. The fraction of sp³-hybridized carbons (Fsp3) is 0.550. The van der Waals surface area contributed by atoms with E-state index in [-0.39, 0.29) is 23.6 Å². The van der Waals surface area contributed by atoms with Crippen LogP contribution in [-0.2, 0) is 23.9 Å². The van der Waals surface area contributed by atoms with E-state index < -0.39 is 5.97 Å². The molecular formula is C20H34O6. The van der Waals surface area contributed by atoms with Gasteiger partial charge in [-0.3, -0.25) is 0 Å². The van der Waals surface area contributed by atoms with E-state index in [1.54, 1.807) is 6.92 Å². The van der Waals surface area contributed by atoms with Gasteiger partial charge in [0.25, 0.3) is 0 Å². The molecule has 1 atom stereocenters. The highest BCUT2D eigenvalue weighted by Gasteiger charge is 2.09. The minimum absolute atomic E-state index is 0.0806. The van der Waals surface area contributed by atoms with E-state index in [9.17, 15) is 14.4 Å². The number of carbonyl (C=O) groups excluding carboxylic acids is 2. The van der Waals surface area contributed by atoms with Gasteiger partial charge >= 0.3 is 17.9 Å². The average Bonchev–Trinajstić information content (AvgIpc) is 2.60. The van der Waals surface area contributed by atoms with Crippen molar-refractivity contribution in [2.24, 2.45) is 0 Å². The van der Waals surface area contributed by atoms with Crippen molar-refractivity contribution in [1.29, 1.82) is 0 Å². The molecule has 0 aromatic rings. The Kier molecular flexibility index (Phi) is 20.7. The molecule has 26 heavy (non-hydrogen) atoms. The van der Waals surface area contributed by atoms with Crippen molar-refractivity contribution in [3.05, 3.63) is 37.0 Å². The number of rotatable bonds is 9. The maximum absolute atomic E-state index is 10.9. The molecule has 6 heteroatoms. The molecule has 0 aliphatic rings. The molecule has 0 amide bonds. The minimum Gasteiger partial charge on any atom is -0.478 e. The molecule has 6 nitrogen and oxygen atoms in total. The van der Waals surface area contributed by atoms with Crippen LogP contribution in [0.5, 0.6) is 0 Å². The molecule has 0 aliphatic carbocycles. The third-order valence-corrected chi connectivity index (χ3v) is 2.93. The molecule has 0 aromatic carbocycles. The predicted octanol–water partition coefficient (Wildman–Crippen LogP) is 4.46. The number of hydrogen-bond acceptors (Lipinski definition) is 5. The fourth-order valence-electron chi connectivity index (χ4n) is 1.36. The first-order valence-electron chi connectivity index (χ1n) is 8.52. The number of aliphatic carboxylic acids is 1. The van der Waals surface area contributed by atoms with Crippen LogP contribution in [0.2, 0.25) is 0 Å². The van der Waals surface area contributed by atoms with Gasteiger partial charge < -0.3 is 14.6 Å². The van der Waals surface area contributed by atoms with Crippen LogP contribution in [-0.4, -0.2) is 36.2 Å². The summed E-state index contributed by atoms with van der Waals surface area (Å²) in [5.41, 5.74) is 0.609. The smallest absolute Gasteiger partial charge is 0.332 e. The third kappa shape index (κ3) is 21.6. The molecule has 0 rings (SSSR count). The van der Waals surface area contributed by atoms with Crippen molar-refractivity contribution in [2.75, 3.05) is 7.11 Å². The van der Waals surface area contributed by atoms with E-state index in [2.05, 4.69) is 31.4 Å². The van der Waals surface area contributed by atoms with E-state index in [0.29, 0.717) is 5.57 Å². The summed E-state index contributed by atoms with van der Waals surface area (Å²) in [4.78, 5) is 30.7. The van der Waals surface area contributed by atoms with Crippen molar-refractivity contribution < 1.29 is 29.0 Å². The average molecular weight is 370 g/mol. The Balaban J connectivity index is -0.000000342. The number of ether oxygens (including phenoxy) is 2. The third-order valence-electron chi connectivity index (χ3n) is 2.93. The fourth-order valence-corrected chi connectivity index (χ4v) is 1.36. The van der Waals surface area contributed by atoms with Crippen LogP contribution in [0.4, 0.5) is 0 Å². The molecule has 150 valence electrons. The topological polar surface area (TPSA) is 89.9 Å². The Bertz CT molecular complexity index is 453. The van der Waals surface area contributed by atoms with E-state index >= 15 is 0 Å². The summed E-state index contributed by atoms with van der Waals surface area (Å²) in [6.45, 7) is 17.1. The summed E-state index contributed by atoms with van der Waals surface area (Å²) < 4.78 is 9.41. The number of hydrogen-bond donors (Lipinski definition) is 1.